The number of aromatic carboxylic acids is 1. The molecule has 0 saturated carbocycles. The number of benzene rings is 1. The Hall–Kier alpha value is -2.89. The molecule has 1 unspecified atom stereocenters. The molecule has 0 radical (unpaired) electrons. The number of piperidine rings is 1. The Labute approximate surface area is 172 Å². The van der Waals surface area contributed by atoms with Gasteiger partial charge in [0.2, 0.25) is 0 Å². The van der Waals surface area contributed by atoms with Crippen molar-refractivity contribution in [3.63, 3.8) is 0 Å². The zero-order valence-corrected chi connectivity index (χ0v) is 17.3. The summed E-state index contributed by atoms with van der Waals surface area (Å²) in [6.07, 6.45) is 3.55. The van der Waals surface area contributed by atoms with E-state index in [4.69, 9.17) is 0 Å². The molecule has 1 aliphatic heterocycles. The lowest BCUT2D eigenvalue weighted by atomic mass is 9.86. The maximum Gasteiger partial charge on any atom is 0.335 e. The smallest absolute Gasteiger partial charge is 0.335 e. The summed E-state index contributed by atoms with van der Waals surface area (Å²) in [6.45, 7) is 8.64. The van der Waals surface area contributed by atoms with E-state index in [1.54, 1.807) is 6.07 Å². The lowest BCUT2D eigenvalue weighted by Gasteiger charge is -2.33. The molecule has 1 atom stereocenters. The Kier molecular flexibility index (Phi) is 6.20. The summed E-state index contributed by atoms with van der Waals surface area (Å²) in [6, 6.07) is 10.9. The maximum atomic E-state index is 12.5. The summed E-state index contributed by atoms with van der Waals surface area (Å²) < 4.78 is 0. The number of nitrogens with zero attached hydrogens (tertiary/aromatic N) is 2. The van der Waals surface area contributed by atoms with E-state index in [0.29, 0.717) is 23.8 Å². The highest BCUT2D eigenvalue weighted by molar-refractivity contribution is 5.94. The minimum atomic E-state index is -0.952. The number of amides is 1. The minimum Gasteiger partial charge on any atom is -0.478 e. The van der Waals surface area contributed by atoms with Crippen molar-refractivity contribution in [1.29, 1.82) is 0 Å². The predicted octanol–water partition coefficient (Wildman–Crippen LogP) is 3.72. The van der Waals surface area contributed by atoms with Crippen molar-refractivity contribution < 1.29 is 14.7 Å². The molecule has 6 nitrogen and oxygen atoms in total. The molecule has 1 saturated heterocycles. The quantitative estimate of drug-likeness (QED) is 0.806. The molecule has 1 fully saturated rings. The van der Waals surface area contributed by atoms with Crippen LogP contribution in [0.15, 0.2) is 42.6 Å². The van der Waals surface area contributed by atoms with Crippen LogP contribution in [0.3, 0.4) is 0 Å². The first-order chi connectivity index (χ1) is 13.7. The van der Waals surface area contributed by atoms with Gasteiger partial charge in [0.1, 0.15) is 5.82 Å². The number of hydrogen-bond donors (Lipinski definition) is 2. The van der Waals surface area contributed by atoms with E-state index in [1.165, 1.54) is 17.8 Å². The molecular formula is C23H29N3O3. The van der Waals surface area contributed by atoms with Crippen molar-refractivity contribution in [3.05, 3.63) is 59.3 Å². The molecular weight excluding hydrogens is 366 g/mol. The number of carboxylic acids is 1. The van der Waals surface area contributed by atoms with Crippen LogP contribution in [-0.2, 0) is 5.41 Å². The third-order valence-corrected chi connectivity index (χ3v) is 5.40. The van der Waals surface area contributed by atoms with Gasteiger partial charge in [-0.15, -0.1) is 0 Å². The van der Waals surface area contributed by atoms with Gasteiger partial charge in [0.05, 0.1) is 5.56 Å². The monoisotopic (exact) mass is 395 g/mol. The van der Waals surface area contributed by atoms with Crippen LogP contribution < -0.4 is 10.2 Å². The second-order valence-corrected chi connectivity index (χ2v) is 8.70. The van der Waals surface area contributed by atoms with E-state index < -0.39 is 5.97 Å². The fourth-order valence-corrected chi connectivity index (χ4v) is 3.62. The first-order valence-electron chi connectivity index (χ1n) is 10.1. The van der Waals surface area contributed by atoms with Crippen molar-refractivity contribution in [3.8, 4) is 0 Å². The van der Waals surface area contributed by atoms with Crippen LogP contribution in [0.1, 0.15) is 59.9 Å². The number of rotatable bonds is 5. The normalized spacial score (nSPS) is 17.1. The Balaban J connectivity index is 1.57. The number of nitrogens with one attached hydrogen (secondary N) is 1. The molecule has 0 spiro atoms. The molecule has 1 aliphatic rings. The van der Waals surface area contributed by atoms with E-state index in [1.807, 2.05) is 24.3 Å². The topological polar surface area (TPSA) is 82.5 Å². The number of carboxylic acid groups (broad SMARTS) is 1. The molecule has 0 bridgehead atoms. The number of carbonyl (C=O) groups excluding carboxylic acids is 1. The van der Waals surface area contributed by atoms with Crippen LogP contribution in [0.4, 0.5) is 5.82 Å². The highest BCUT2D eigenvalue weighted by Gasteiger charge is 2.22. The molecule has 1 aromatic carbocycles. The summed E-state index contributed by atoms with van der Waals surface area (Å²) in [5.74, 6) is -0.0314. The average Bonchev–Trinajstić information content (AvgIpc) is 2.72. The number of hydrogen-bond acceptors (Lipinski definition) is 4. The van der Waals surface area contributed by atoms with Gasteiger partial charge in [-0.2, -0.15) is 0 Å². The third-order valence-electron chi connectivity index (χ3n) is 5.40. The maximum absolute atomic E-state index is 12.5. The molecule has 2 heterocycles. The van der Waals surface area contributed by atoms with Gasteiger partial charge in [-0.25, -0.2) is 9.78 Å². The molecule has 154 valence electrons. The lowest BCUT2D eigenvalue weighted by Crippen LogP contribution is -2.41. The van der Waals surface area contributed by atoms with Crippen molar-refractivity contribution >= 4 is 17.7 Å². The van der Waals surface area contributed by atoms with Gasteiger partial charge < -0.3 is 15.3 Å². The van der Waals surface area contributed by atoms with Gasteiger partial charge >= 0.3 is 5.97 Å². The van der Waals surface area contributed by atoms with E-state index in [2.05, 4.69) is 36.0 Å². The highest BCUT2D eigenvalue weighted by Crippen LogP contribution is 2.23. The predicted molar refractivity (Wildman–Crippen MR) is 114 cm³/mol. The molecule has 1 amide bonds. The van der Waals surface area contributed by atoms with E-state index in [-0.39, 0.29) is 16.9 Å². The Morgan fingerprint density at radius 2 is 1.90 bits per heavy atom. The second-order valence-electron chi connectivity index (χ2n) is 8.70. The molecule has 3 rings (SSSR count). The van der Waals surface area contributed by atoms with E-state index >= 15 is 0 Å². The van der Waals surface area contributed by atoms with Crippen molar-refractivity contribution in [2.45, 2.75) is 39.0 Å². The molecule has 29 heavy (non-hydrogen) atoms. The molecule has 2 aromatic rings. The molecule has 1 aromatic heterocycles. The van der Waals surface area contributed by atoms with Crippen LogP contribution >= 0.6 is 0 Å². The summed E-state index contributed by atoms with van der Waals surface area (Å²) in [7, 11) is 0. The van der Waals surface area contributed by atoms with E-state index in [9.17, 15) is 14.7 Å². The number of carbonyl (C=O) groups is 2. The third kappa shape index (κ3) is 5.34. The largest absolute Gasteiger partial charge is 0.478 e. The molecule has 2 N–H and O–H groups in total. The number of anilines is 1. The van der Waals surface area contributed by atoms with Crippen LogP contribution in [0.5, 0.6) is 0 Å². The Bertz CT molecular complexity index is 872. The first-order valence-corrected chi connectivity index (χ1v) is 10.1. The SMILES string of the molecule is CC(C)(C)c1ccc(C(=O)NCC2CCCN(c3cc(C(=O)O)ccn3)C2)cc1. The lowest BCUT2D eigenvalue weighted by molar-refractivity contribution is 0.0696. The summed E-state index contributed by atoms with van der Waals surface area (Å²) in [5, 5.41) is 12.2. The summed E-state index contributed by atoms with van der Waals surface area (Å²) >= 11 is 0. The number of aromatic nitrogens is 1. The van der Waals surface area contributed by atoms with Crippen LogP contribution in [0.2, 0.25) is 0 Å². The van der Waals surface area contributed by atoms with Crippen LogP contribution in [0.25, 0.3) is 0 Å². The van der Waals surface area contributed by atoms with Crippen LogP contribution in [0, 0.1) is 5.92 Å². The van der Waals surface area contributed by atoms with Gasteiger partial charge in [-0.1, -0.05) is 32.9 Å². The Morgan fingerprint density at radius 1 is 1.17 bits per heavy atom. The Morgan fingerprint density at radius 3 is 2.55 bits per heavy atom. The first kappa shape index (κ1) is 20.8. The summed E-state index contributed by atoms with van der Waals surface area (Å²) in [4.78, 5) is 30.1. The second kappa shape index (κ2) is 8.64. The van der Waals surface area contributed by atoms with Crippen molar-refractivity contribution in [2.75, 3.05) is 24.5 Å². The van der Waals surface area contributed by atoms with Gasteiger partial charge in [-0.05, 0) is 54.0 Å². The van der Waals surface area contributed by atoms with Crippen molar-refractivity contribution in [2.24, 2.45) is 5.92 Å². The molecule has 6 heteroatoms. The fraction of sp³-hybridized carbons (Fsp3) is 0.435. The zero-order chi connectivity index (χ0) is 21.0. The zero-order valence-electron chi connectivity index (χ0n) is 17.3. The van der Waals surface area contributed by atoms with Gasteiger partial charge in [0, 0.05) is 31.4 Å². The van der Waals surface area contributed by atoms with Gasteiger partial charge in [0.15, 0.2) is 0 Å². The standard InChI is InChI=1S/C23H29N3O3/c1-23(2,3)19-8-6-17(7-9-19)21(27)25-14-16-5-4-12-26(15-16)20-13-18(22(28)29)10-11-24-20/h6-11,13,16H,4-5,12,14-15H2,1-3H3,(H,25,27)(H,28,29). The fourth-order valence-electron chi connectivity index (χ4n) is 3.62. The average molecular weight is 396 g/mol. The van der Waals surface area contributed by atoms with Gasteiger partial charge in [0.25, 0.3) is 5.91 Å². The van der Waals surface area contributed by atoms with Crippen LogP contribution in [-0.4, -0.2) is 41.6 Å². The highest BCUT2D eigenvalue weighted by atomic mass is 16.4. The van der Waals surface area contributed by atoms with E-state index in [0.717, 1.165) is 25.9 Å². The number of pyridine rings is 1. The summed E-state index contributed by atoms with van der Waals surface area (Å²) in [5.41, 5.74) is 2.17. The van der Waals surface area contributed by atoms with Crippen molar-refractivity contribution in [1.82, 2.24) is 10.3 Å². The minimum absolute atomic E-state index is 0.0615. The molecule has 0 aliphatic carbocycles. The van der Waals surface area contributed by atoms with Gasteiger partial charge in [-0.3, -0.25) is 4.79 Å².